The normalized spacial score (nSPS) is 14.2. The maximum absolute atomic E-state index is 13.8. The highest BCUT2D eigenvalue weighted by molar-refractivity contribution is 9.10. The Morgan fingerprint density at radius 3 is 2.69 bits per heavy atom. The molecule has 0 saturated carbocycles. The van der Waals surface area contributed by atoms with E-state index >= 15 is 0 Å². The van der Waals surface area contributed by atoms with Crippen LogP contribution in [0.5, 0.6) is 0 Å². The minimum absolute atomic E-state index is 0.00676. The van der Waals surface area contributed by atoms with Crippen LogP contribution in [0.1, 0.15) is 0 Å². The van der Waals surface area contributed by atoms with Gasteiger partial charge in [0.2, 0.25) is 5.91 Å². The van der Waals surface area contributed by atoms with E-state index in [9.17, 15) is 9.18 Å². The summed E-state index contributed by atoms with van der Waals surface area (Å²) in [7, 11) is 0. The van der Waals surface area contributed by atoms with Crippen molar-refractivity contribution < 1.29 is 13.9 Å². The fourth-order valence-electron chi connectivity index (χ4n) is 2.69. The topological polar surface area (TPSA) is 53.6 Å². The third kappa shape index (κ3) is 4.87. The van der Waals surface area contributed by atoms with Gasteiger partial charge in [-0.25, -0.2) is 4.39 Å². The first kappa shape index (κ1) is 18.9. The largest absolute Gasteiger partial charge is 0.378 e. The van der Waals surface area contributed by atoms with Crippen LogP contribution < -0.4 is 15.5 Å². The van der Waals surface area contributed by atoms with E-state index in [0.717, 1.165) is 24.5 Å². The number of benzene rings is 2. The molecule has 1 aliphatic rings. The summed E-state index contributed by atoms with van der Waals surface area (Å²) < 4.78 is 19.8. The average molecular weight is 443 g/mol. The lowest BCUT2D eigenvalue weighted by Crippen LogP contribution is -2.36. The summed E-state index contributed by atoms with van der Waals surface area (Å²) in [6.45, 7) is 2.85. The molecule has 138 valence electrons. The van der Waals surface area contributed by atoms with Gasteiger partial charge in [0.25, 0.3) is 0 Å². The number of halogens is 3. The fraction of sp³-hybridized carbons (Fsp3) is 0.278. The van der Waals surface area contributed by atoms with E-state index in [4.69, 9.17) is 16.3 Å². The standard InChI is InChI=1S/C18H18BrClFN3O2/c19-12-1-3-15(14(21)9-12)23-18(25)11-22-16-10-13(20)2-4-17(16)24-5-7-26-8-6-24/h1-4,9-10,22H,5-8,11H2,(H,23,25). The lowest BCUT2D eigenvalue weighted by atomic mass is 10.2. The monoisotopic (exact) mass is 441 g/mol. The first-order valence-electron chi connectivity index (χ1n) is 8.14. The average Bonchev–Trinajstić information content (AvgIpc) is 2.63. The summed E-state index contributed by atoms with van der Waals surface area (Å²) in [6.07, 6.45) is 0. The van der Waals surface area contributed by atoms with E-state index in [0.29, 0.717) is 22.7 Å². The summed E-state index contributed by atoms with van der Waals surface area (Å²) in [6, 6.07) is 9.99. The molecule has 0 bridgehead atoms. The number of nitrogens with one attached hydrogen (secondary N) is 2. The Bertz CT molecular complexity index is 800. The molecule has 2 N–H and O–H groups in total. The zero-order chi connectivity index (χ0) is 18.5. The van der Waals surface area contributed by atoms with Crippen molar-refractivity contribution in [2.24, 2.45) is 0 Å². The molecule has 1 fully saturated rings. The van der Waals surface area contributed by atoms with E-state index in [2.05, 4.69) is 31.5 Å². The molecular weight excluding hydrogens is 425 g/mol. The summed E-state index contributed by atoms with van der Waals surface area (Å²) >= 11 is 9.28. The predicted molar refractivity (Wildman–Crippen MR) is 106 cm³/mol. The van der Waals surface area contributed by atoms with Crippen LogP contribution in [0.25, 0.3) is 0 Å². The molecule has 0 unspecified atom stereocenters. The highest BCUT2D eigenvalue weighted by Crippen LogP contribution is 2.29. The second-order valence-electron chi connectivity index (χ2n) is 5.79. The van der Waals surface area contributed by atoms with Gasteiger partial charge in [-0.2, -0.15) is 0 Å². The Morgan fingerprint density at radius 1 is 1.19 bits per heavy atom. The van der Waals surface area contributed by atoms with Crippen LogP contribution in [0.15, 0.2) is 40.9 Å². The van der Waals surface area contributed by atoms with Gasteiger partial charge in [-0.3, -0.25) is 4.79 Å². The zero-order valence-electron chi connectivity index (χ0n) is 13.9. The summed E-state index contributed by atoms with van der Waals surface area (Å²) in [5.41, 5.74) is 1.85. The number of anilines is 3. The van der Waals surface area contributed by atoms with E-state index < -0.39 is 5.82 Å². The first-order valence-corrected chi connectivity index (χ1v) is 9.31. The predicted octanol–water partition coefficient (Wildman–Crippen LogP) is 4.13. The molecule has 5 nitrogen and oxygen atoms in total. The minimum atomic E-state index is -0.496. The number of carbonyl (C=O) groups is 1. The maximum atomic E-state index is 13.8. The van der Waals surface area contributed by atoms with Gasteiger partial charge in [-0.1, -0.05) is 27.5 Å². The Morgan fingerprint density at radius 2 is 1.96 bits per heavy atom. The molecule has 26 heavy (non-hydrogen) atoms. The van der Waals surface area contributed by atoms with Gasteiger partial charge in [0.1, 0.15) is 5.82 Å². The van der Waals surface area contributed by atoms with Crippen molar-refractivity contribution in [1.82, 2.24) is 0 Å². The Hall–Kier alpha value is -1.83. The van der Waals surface area contributed by atoms with Gasteiger partial charge in [0.05, 0.1) is 36.8 Å². The molecular formula is C18H18BrClFN3O2. The number of carbonyl (C=O) groups excluding carboxylic acids is 1. The molecule has 0 aliphatic carbocycles. The summed E-state index contributed by atoms with van der Waals surface area (Å²) in [4.78, 5) is 14.4. The molecule has 0 spiro atoms. The first-order chi connectivity index (χ1) is 12.5. The summed E-state index contributed by atoms with van der Waals surface area (Å²) in [5, 5.41) is 6.22. The number of amides is 1. The van der Waals surface area contributed by atoms with Crippen LogP contribution in [0.3, 0.4) is 0 Å². The van der Waals surface area contributed by atoms with Gasteiger partial charge in [-0.15, -0.1) is 0 Å². The van der Waals surface area contributed by atoms with E-state index in [1.165, 1.54) is 12.1 Å². The number of nitrogens with zero attached hydrogens (tertiary/aromatic N) is 1. The molecule has 1 aliphatic heterocycles. The molecule has 2 aromatic carbocycles. The molecule has 0 aromatic heterocycles. The third-order valence-corrected chi connectivity index (χ3v) is 4.68. The van der Waals surface area contributed by atoms with Gasteiger partial charge in [-0.05, 0) is 36.4 Å². The molecule has 0 atom stereocenters. The van der Waals surface area contributed by atoms with E-state index in [1.54, 1.807) is 12.1 Å². The molecule has 1 heterocycles. The second-order valence-corrected chi connectivity index (χ2v) is 7.14. The van der Waals surface area contributed by atoms with Crippen LogP contribution in [0.2, 0.25) is 5.02 Å². The fourth-order valence-corrected chi connectivity index (χ4v) is 3.20. The van der Waals surface area contributed by atoms with Gasteiger partial charge < -0.3 is 20.3 Å². The Labute approximate surface area is 164 Å². The van der Waals surface area contributed by atoms with Crippen molar-refractivity contribution >= 4 is 50.5 Å². The number of ether oxygens (including phenoxy) is 1. The van der Waals surface area contributed by atoms with Gasteiger partial charge >= 0.3 is 0 Å². The van der Waals surface area contributed by atoms with Gasteiger partial charge in [0, 0.05) is 22.6 Å². The number of morpholine rings is 1. The highest BCUT2D eigenvalue weighted by Gasteiger charge is 2.16. The van der Waals surface area contributed by atoms with Crippen LogP contribution in [-0.2, 0) is 9.53 Å². The van der Waals surface area contributed by atoms with Gasteiger partial charge in [0.15, 0.2) is 0 Å². The SMILES string of the molecule is O=C(CNc1cc(Cl)ccc1N1CCOCC1)Nc1ccc(Br)cc1F. The van der Waals surface area contributed by atoms with Crippen LogP contribution in [0.4, 0.5) is 21.5 Å². The Balaban J connectivity index is 1.66. The van der Waals surface area contributed by atoms with Crippen molar-refractivity contribution in [3.8, 4) is 0 Å². The van der Waals surface area contributed by atoms with Crippen molar-refractivity contribution in [1.29, 1.82) is 0 Å². The number of hydrogen-bond donors (Lipinski definition) is 2. The lowest BCUT2D eigenvalue weighted by molar-refractivity contribution is -0.114. The number of rotatable bonds is 5. The molecule has 8 heteroatoms. The minimum Gasteiger partial charge on any atom is -0.378 e. The maximum Gasteiger partial charge on any atom is 0.243 e. The Kier molecular flexibility index (Phi) is 6.34. The molecule has 0 radical (unpaired) electrons. The summed E-state index contributed by atoms with van der Waals surface area (Å²) in [5.74, 6) is -0.844. The smallest absolute Gasteiger partial charge is 0.243 e. The van der Waals surface area contributed by atoms with Crippen molar-refractivity contribution in [2.75, 3.05) is 48.4 Å². The van der Waals surface area contributed by atoms with Crippen molar-refractivity contribution in [2.45, 2.75) is 0 Å². The number of hydrogen-bond acceptors (Lipinski definition) is 4. The quantitative estimate of drug-likeness (QED) is 0.731. The molecule has 1 amide bonds. The van der Waals surface area contributed by atoms with Crippen LogP contribution in [0, 0.1) is 5.82 Å². The van der Waals surface area contributed by atoms with Crippen LogP contribution in [-0.4, -0.2) is 38.8 Å². The van der Waals surface area contributed by atoms with Crippen molar-refractivity contribution in [3.05, 3.63) is 51.7 Å². The highest BCUT2D eigenvalue weighted by atomic mass is 79.9. The molecule has 3 rings (SSSR count). The lowest BCUT2D eigenvalue weighted by Gasteiger charge is -2.30. The zero-order valence-corrected chi connectivity index (χ0v) is 16.2. The van der Waals surface area contributed by atoms with E-state index in [-0.39, 0.29) is 18.1 Å². The van der Waals surface area contributed by atoms with E-state index in [1.807, 2.05) is 12.1 Å². The van der Waals surface area contributed by atoms with Crippen molar-refractivity contribution in [3.63, 3.8) is 0 Å². The second kappa shape index (κ2) is 8.70. The molecule has 1 saturated heterocycles. The van der Waals surface area contributed by atoms with Crippen LogP contribution >= 0.6 is 27.5 Å². The third-order valence-electron chi connectivity index (χ3n) is 3.95. The molecule has 2 aromatic rings.